The molecular formula is C40H71O10P. The molecule has 296 valence electrons. The number of carbonyl (C=O) groups excluding carboxylic acids is 2. The van der Waals surface area contributed by atoms with Gasteiger partial charge in [0.05, 0.1) is 19.8 Å². The normalized spacial score (nSPS) is 14.5. The van der Waals surface area contributed by atoms with Crippen LogP contribution >= 0.6 is 7.82 Å². The predicted octanol–water partition coefficient (Wildman–Crippen LogP) is 9.78. The van der Waals surface area contributed by atoms with Crippen LogP contribution in [0, 0.1) is 0 Å². The van der Waals surface area contributed by atoms with Crippen LogP contribution in [-0.2, 0) is 32.7 Å². The second kappa shape index (κ2) is 36.3. The van der Waals surface area contributed by atoms with Crippen LogP contribution in [0.4, 0.5) is 0 Å². The van der Waals surface area contributed by atoms with Crippen LogP contribution in [-0.4, -0.2) is 65.7 Å². The van der Waals surface area contributed by atoms with Crippen molar-refractivity contribution in [3.63, 3.8) is 0 Å². The average Bonchev–Trinajstić information content (AvgIpc) is 3.12. The zero-order valence-electron chi connectivity index (χ0n) is 31.8. The topological polar surface area (TPSA) is 149 Å². The maximum absolute atomic E-state index is 12.5. The molecule has 0 aliphatic heterocycles. The third-order valence-corrected chi connectivity index (χ3v) is 8.92. The van der Waals surface area contributed by atoms with Gasteiger partial charge in [-0.25, -0.2) is 4.57 Å². The number of unbranched alkanes of at least 4 members (excludes halogenated alkanes) is 14. The zero-order chi connectivity index (χ0) is 37.7. The summed E-state index contributed by atoms with van der Waals surface area (Å²) < 4.78 is 32.6. The summed E-state index contributed by atoms with van der Waals surface area (Å²) in [5, 5.41) is 18.3. The van der Waals surface area contributed by atoms with Crippen molar-refractivity contribution in [1.29, 1.82) is 0 Å². The minimum atomic E-state index is -4.62. The van der Waals surface area contributed by atoms with E-state index in [0.717, 1.165) is 89.9 Å². The van der Waals surface area contributed by atoms with Crippen molar-refractivity contribution in [2.24, 2.45) is 0 Å². The van der Waals surface area contributed by atoms with Crippen LogP contribution in [0.15, 0.2) is 48.6 Å². The number of phosphoric acid groups is 1. The lowest BCUT2D eigenvalue weighted by Gasteiger charge is -2.20. The summed E-state index contributed by atoms with van der Waals surface area (Å²) in [6, 6.07) is 0. The maximum Gasteiger partial charge on any atom is 0.472 e. The largest absolute Gasteiger partial charge is 0.472 e. The summed E-state index contributed by atoms with van der Waals surface area (Å²) in [4.78, 5) is 34.8. The van der Waals surface area contributed by atoms with E-state index in [-0.39, 0.29) is 19.4 Å². The molecule has 0 rings (SSSR count). The van der Waals surface area contributed by atoms with Crippen molar-refractivity contribution in [3.8, 4) is 0 Å². The molecule has 3 atom stereocenters. The van der Waals surface area contributed by atoms with Gasteiger partial charge in [0.15, 0.2) is 6.10 Å². The van der Waals surface area contributed by atoms with Crippen molar-refractivity contribution in [2.75, 3.05) is 26.4 Å². The lowest BCUT2D eigenvalue weighted by atomic mass is 10.1. The standard InChI is InChI=1S/C40H71O10P/c1-3-5-7-9-11-13-15-17-18-20-21-23-25-27-29-31-39(43)47-35-38(36-49-51(45,46)48-34-37(42)33-41)50-40(44)32-30-28-26-24-22-19-16-14-12-10-8-6-4-2/h5,7,11,13-14,16-18,37-38,41-42H,3-4,6,8-10,12,15,19-36H2,1-2H3,(H,45,46)/b7-5-,13-11-,16-14-,18-17-/t37-,38+/m0/s1. The monoisotopic (exact) mass is 742 g/mol. The first-order valence-electron chi connectivity index (χ1n) is 19.6. The second-order valence-electron chi connectivity index (χ2n) is 12.9. The van der Waals surface area contributed by atoms with E-state index in [1.807, 2.05) is 0 Å². The van der Waals surface area contributed by atoms with Gasteiger partial charge >= 0.3 is 19.8 Å². The summed E-state index contributed by atoms with van der Waals surface area (Å²) in [6.07, 6.45) is 36.5. The number of aliphatic hydroxyl groups is 2. The van der Waals surface area contributed by atoms with E-state index in [1.165, 1.54) is 25.7 Å². The minimum absolute atomic E-state index is 0.169. The van der Waals surface area contributed by atoms with Crippen LogP contribution in [0.1, 0.15) is 155 Å². The maximum atomic E-state index is 12.5. The van der Waals surface area contributed by atoms with Crippen molar-refractivity contribution in [2.45, 2.75) is 167 Å². The quantitative estimate of drug-likeness (QED) is 0.0245. The van der Waals surface area contributed by atoms with Crippen LogP contribution in [0.25, 0.3) is 0 Å². The molecule has 0 saturated heterocycles. The summed E-state index contributed by atoms with van der Waals surface area (Å²) >= 11 is 0. The number of rotatable bonds is 36. The molecule has 0 aliphatic rings. The Hall–Kier alpha value is -2.07. The Labute approximate surface area is 309 Å². The average molecular weight is 743 g/mol. The van der Waals surface area contributed by atoms with Crippen LogP contribution in [0.5, 0.6) is 0 Å². The van der Waals surface area contributed by atoms with Gasteiger partial charge in [0, 0.05) is 12.8 Å². The van der Waals surface area contributed by atoms with E-state index in [9.17, 15) is 24.2 Å². The molecule has 0 aromatic rings. The SMILES string of the molecule is CC/C=C\C/C=C\C/C=C\CCCCCCCC(=O)OC[C@H](COP(=O)(O)OC[C@@H](O)CO)OC(=O)CCCCCCC/C=C\CCCCCC. The molecule has 0 bridgehead atoms. The number of allylic oxidation sites excluding steroid dienone is 8. The molecule has 0 amide bonds. The fourth-order valence-corrected chi connectivity index (χ4v) is 5.73. The number of aliphatic hydroxyl groups excluding tert-OH is 2. The van der Waals surface area contributed by atoms with Crippen molar-refractivity contribution in [1.82, 2.24) is 0 Å². The highest BCUT2D eigenvalue weighted by Gasteiger charge is 2.27. The molecule has 0 aromatic heterocycles. The molecule has 0 fully saturated rings. The lowest BCUT2D eigenvalue weighted by Crippen LogP contribution is -2.29. The molecule has 0 radical (unpaired) electrons. The van der Waals surface area contributed by atoms with E-state index in [1.54, 1.807) is 0 Å². The minimum Gasteiger partial charge on any atom is -0.462 e. The molecule has 0 spiro atoms. The number of ether oxygens (including phenoxy) is 2. The van der Waals surface area contributed by atoms with Gasteiger partial charge in [0.2, 0.25) is 0 Å². The van der Waals surface area contributed by atoms with Crippen molar-refractivity contribution >= 4 is 19.8 Å². The Balaban J connectivity index is 4.40. The third-order valence-electron chi connectivity index (χ3n) is 7.97. The van der Waals surface area contributed by atoms with E-state index in [4.69, 9.17) is 19.1 Å². The number of carbonyl (C=O) groups is 2. The summed E-state index contributed by atoms with van der Waals surface area (Å²) in [5.41, 5.74) is 0. The molecule has 3 N–H and O–H groups in total. The summed E-state index contributed by atoms with van der Waals surface area (Å²) in [6.45, 7) is 2.20. The molecule has 0 aliphatic carbocycles. The molecule has 0 aromatic carbocycles. The van der Waals surface area contributed by atoms with Crippen LogP contribution in [0.2, 0.25) is 0 Å². The van der Waals surface area contributed by atoms with Crippen LogP contribution in [0.3, 0.4) is 0 Å². The number of phosphoric ester groups is 1. The van der Waals surface area contributed by atoms with Crippen molar-refractivity contribution in [3.05, 3.63) is 48.6 Å². The summed E-state index contributed by atoms with van der Waals surface area (Å²) in [5.74, 6) is -0.959. The third kappa shape index (κ3) is 36.1. The summed E-state index contributed by atoms with van der Waals surface area (Å²) in [7, 11) is -4.62. The molecule has 51 heavy (non-hydrogen) atoms. The van der Waals surface area contributed by atoms with Gasteiger partial charge in [-0.2, -0.15) is 0 Å². The van der Waals surface area contributed by atoms with Gasteiger partial charge in [-0.15, -0.1) is 0 Å². The van der Waals surface area contributed by atoms with E-state index in [0.29, 0.717) is 12.8 Å². The van der Waals surface area contributed by atoms with Gasteiger partial charge in [0.1, 0.15) is 12.7 Å². The Morgan fingerprint density at radius 3 is 1.65 bits per heavy atom. The highest BCUT2D eigenvalue weighted by molar-refractivity contribution is 7.47. The second-order valence-corrected chi connectivity index (χ2v) is 14.4. The molecule has 11 heteroatoms. The lowest BCUT2D eigenvalue weighted by molar-refractivity contribution is -0.161. The molecule has 1 unspecified atom stereocenters. The fraction of sp³-hybridized carbons (Fsp3) is 0.750. The number of esters is 2. The van der Waals surface area contributed by atoms with Crippen molar-refractivity contribution < 1.29 is 47.8 Å². The first-order chi connectivity index (χ1) is 24.7. The zero-order valence-corrected chi connectivity index (χ0v) is 32.7. The fourth-order valence-electron chi connectivity index (χ4n) is 4.94. The Morgan fingerprint density at radius 2 is 1.08 bits per heavy atom. The van der Waals surface area contributed by atoms with Gasteiger partial charge in [-0.1, -0.05) is 120 Å². The smallest absolute Gasteiger partial charge is 0.462 e. The molecule has 0 saturated carbocycles. The molecule has 0 heterocycles. The highest BCUT2D eigenvalue weighted by Crippen LogP contribution is 2.43. The van der Waals surface area contributed by atoms with Crippen LogP contribution < -0.4 is 0 Å². The molecular weight excluding hydrogens is 671 g/mol. The van der Waals surface area contributed by atoms with E-state index in [2.05, 4.69) is 67.0 Å². The van der Waals surface area contributed by atoms with E-state index >= 15 is 0 Å². The number of hydrogen-bond donors (Lipinski definition) is 3. The number of hydrogen-bond acceptors (Lipinski definition) is 9. The Kier molecular flexibility index (Phi) is 34.8. The Bertz CT molecular complexity index is 994. The van der Waals surface area contributed by atoms with Gasteiger partial charge < -0.3 is 24.6 Å². The first-order valence-corrected chi connectivity index (χ1v) is 21.1. The predicted molar refractivity (Wildman–Crippen MR) is 205 cm³/mol. The van der Waals surface area contributed by atoms with E-state index < -0.39 is 51.8 Å². The Morgan fingerprint density at radius 1 is 0.608 bits per heavy atom. The van der Waals surface area contributed by atoms with Gasteiger partial charge in [0.25, 0.3) is 0 Å². The van der Waals surface area contributed by atoms with Gasteiger partial charge in [-0.3, -0.25) is 18.6 Å². The molecule has 10 nitrogen and oxygen atoms in total. The first kappa shape index (κ1) is 48.9. The highest BCUT2D eigenvalue weighted by atomic mass is 31.2. The van der Waals surface area contributed by atoms with Gasteiger partial charge in [-0.05, 0) is 70.6 Å².